The van der Waals surface area contributed by atoms with Gasteiger partial charge < -0.3 is 14.7 Å². The van der Waals surface area contributed by atoms with Crippen molar-refractivity contribution in [1.82, 2.24) is 0 Å². The Morgan fingerprint density at radius 3 is 2.75 bits per heavy atom. The summed E-state index contributed by atoms with van der Waals surface area (Å²) in [5, 5.41) is 17.6. The van der Waals surface area contributed by atoms with E-state index < -0.39 is 12.2 Å². The number of aliphatic carboxylic acids is 1. The lowest BCUT2D eigenvalue weighted by Crippen LogP contribution is -2.36. The van der Waals surface area contributed by atoms with Crippen LogP contribution in [0, 0.1) is 11.3 Å². The number of nitrogens with zero attached hydrogens (tertiary/aromatic N) is 2. The lowest BCUT2D eigenvalue weighted by Gasteiger charge is -2.21. The van der Waals surface area contributed by atoms with E-state index in [9.17, 15) is 4.79 Å². The quantitative estimate of drug-likeness (QED) is 0.795. The molecule has 1 aromatic rings. The van der Waals surface area contributed by atoms with E-state index >= 15 is 0 Å². The van der Waals surface area contributed by atoms with Gasteiger partial charge in [-0.15, -0.1) is 0 Å². The van der Waals surface area contributed by atoms with Crippen LogP contribution in [0.25, 0.3) is 0 Å². The highest BCUT2D eigenvalue weighted by molar-refractivity contribution is 5.77. The van der Waals surface area contributed by atoms with Crippen molar-refractivity contribution in [2.45, 2.75) is 6.23 Å². The largest absolute Gasteiger partial charge is 0.478 e. The van der Waals surface area contributed by atoms with Crippen molar-refractivity contribution in [2.75, 3.05) is 18.1 Å². The molecule has 5 nitrogen and oxygen atoms in total. The van der Waals surface area contributed by atoms with E-state index in [1.165, 1.54) is 0 Å². The summed E-state index contributed by atoms with van der Waals surface area (Å²) in [7, 11) is 0. The second kappa shape index (κ2) is 4.21. The molecule has 0 spiro atoms. The summed E-state index contributed by atoms with van der Waals surface area (Å²) < 4.78 is 5.10. The Labute approximate surface area is 92.5 Å². The fourth-order valence-corrected chi connectivity index (χ4v) is 1.67. The van der Waals surface area contributed by atoms with Crippen molar-refractivity contribution >= 4 is 11.7 Å². The monoisotopic (exact) mass is 218 g/mol. The number of ether oxygens (including phenoxy) is 1. The zero-order chi connectivity index (χ0) is 11.5. The highest BCUT2D eigenvalue weighted by atomic mass is 16.5. The Kier molecular flexibility index (Phi) is 2.75. The number of hydrogen-bond donors (Lipinski definition) is 1. The van der Waals surface area contributed by atoms with Crippen LogP contribution in [0.3, 0.4) is 0 Å². The molecule has 1 aliphatic rings. The molecule has 0 bridgehead atoms. The predicted molar refractivity (Wildman–Crippen MR) is 55.9 cm³/mol. The zero-order valence-electron chi connectivity index (χ0n) is 8.46. The minimum Gasteiger partial charge on any atom is -0.478 e. The van der Waals surface area contributed by atoms with Gasteiger partial charge in [0.05, 0.1) is 18.2 Å². The van der Waals surface area contributed by atoms with E-state index in [4.69, 9.17) is 15.1 Å². The summed E-state index contributed by atoms with van der Waals surface area (Å²) in [6.07, 6.45) is -0.923. The van der Waals surface area contributed by atoms with E-state index in [0.29, 0.717) is 18.7 Å². The van der Waals surface area contributed by atoms with E-state index in [2.05, 4.69) is 0 Å². The smallest absolute Gasteiger partial charge is 0.354 e. The second-order valence-corrected chi connectivity index (χ2v) is 3.41. The summed E-state index contributed by atoms with van der Waals surface area (Å²) in [6, 6.07) is 8.78. The molecule has 0 saturated carbocycles. The SMILES string of the molecule is N#Cc1ccc(N2CCOC2C(=O)O)cc1. The first-order valence-electron chi connectivity index (χ1n) is 4.83. The van der Waals surface area contributed by atoms with Gasteiger partial charge in [-0.25, -0.2) is 4.79 Å². The molecule has 1 aliphatic heterocycles. The zero-order valence-corrected chi connectivity index (χ0v) is 8.46. The number of carbonyl (C=O) groups is 1. The first kappa shape index (κ1) is 10.5. The standard InChI is InChI=1S/C11H10N2O3/c12-7-8-1-3-9(4-2-8)13-5-6-16-10(13)11(14)15/h1-4,10H,5-6H2,(H,14,15). The molecule has 0 amide bonds. The van der Waals surface area contributed by atoms with Crippen molar-refractivity contribution in [2.24, 2.45) is 0 Å². The molecule has 5 heteroatoms. The number of rotatable bonds is 2. The Morgan fingerprint density at radius 2 is 2.19 bits per heavy atom. The van der Waals surface area contributed by atoms with E-state index in [-0.39, 0.29) is 0 Å². The van der Waals surface area contributed by atoms with E-state index in [1.54, 1.807) is 29.2 Å². The number of hydrogen-bond acceptors (Lipinski definition) is 4. The molecular formula is C11H10N2O3. The van der Waals surface area contributed by atoms with Gasteiger partial charge in [0.15, 0.2) is 0 Å². The van der Waals surface area contributed by atoms with Crippen LogP contribution in [0.5, 0.6) is 0 Å². The molecule has 1 heterocycles. The van der Waals surface area contributed by atoms with Crippen molar-refractivity contribution in [3.05, 3.63) is 29.8 Å². The van der Waals surface area contributed by atoms with Crippen LogP contribution >= 0.6 is 0 Å². The van der Waals surface area contributed by atoms with Crippen LogP contribution in [-0.2, 0) is 9.53 Å². The number of nitriles is 1. The van der Waals surface area contributed by atoms with Gasteiger partial charge in [-0.05, 0) is 24.3 Å². The Hall–Kier alpha value is -2.06. The third kappa shape index (κ3) is 1.83. The Morgan fingerprint density at radius 1 is 1.50 bits per heavy atom. The van der Waals surface area contributed by atoms with Gasteiger partial charge in [0, 0.05) is 12.2 Å². The van der Waals surface area contributed by atoms with E-state index in [1.807, 2.05) is 6.07 Å². The van der Waals surface area contributed by atoms with Crippen molar-refractivity contribution in [3.63, 3.8) is 0 Å². The highest BCUT2D eigenvalue weighted by Crippen LogP contribution is 2.21. The second-order valence-electron chi connectivity index (χ2n) is 3.41. The van der Waals surface area contributed by atoms with Gasteiger partial charge in [-0.2, -0.15) is 5.26 Å². The summed E-state index contributed by atoms with van der Waals surface area (Å²) in [6.45, 7) is 0.944. The van der Waals surface area contributed by atoms with Gasteiger partial charge in [-0.3, -0.25) is 0 Å². The molecule has 1 atom stereocenters. The van der Waals surface area contributed by atoms with Crippen LogP contribution in [0.2, 0.25) is 0 Å². The van der Waals surface area contributed by atoms with Gasteiger partial charge >= 0.3 is 5.97 Å². The number of carboxylic acids is 1. The minimum absolute atomic E-state index is 0.400. The van der Waals surface area contributed by atoms with Crippen molar-refractivity contribution < 1.29 is 14.6 Å². The Bertz CT molecular complexity index is 436. The van der Waals surface area contributed by atoms with Crippen LogP contribution in [0.15, 0.2) is 24.3 Å². The van der Waals surface area contributed by atoms with Crippen LogP contribution in [0.1, 0.15) is 5.56 Å². The van der Waals surface area contributed by atoms with Gasteiger partial charge in [0.1, 0.15) is 0 Å². The molecule has 1 unspecified atom stereocenters. The molecule has 1 fully saturated rings. The average Bonchev–Trinajstić information content (AvgIpc) is 2.78. The topological polar surface area (TPSA) is 73.6 Å². The molecule has 2 rings (SSSR count). The lowest BCUT2D eigenvalue weighted by molar-refractivity contribution is -0.147. The maximum atomic E-state index is 10.9. The van der Waals surface area contributed by atoms with E-state index in [0.717, 1.165) is 5.69 Å². The third-order valence-electron chi connectivity index (χ3n) is 2.43. The van der Waals surface area contributed by atoms with Gasteiger partial charge in [0.2, 0.25) is 6.23 Å². The number of carboxylic acid groups (broad SMARTS) is 1. The molecule has 0 aromatic heterocycles. The molecule has 1 N–H and O–H groups in total. The molecule has 0 aliphatic carbocycles. The van der Waals surface area contributed by atoms with Gasteiger partial charge in [-0.1, -0.05) is 0 Å². The first-order chi connectivity index (χ1) is 7.72. The van der Waals surface area contributed by atoms with Crippen LogP contribution in [-0.4, -0.2) is 30.5 Å². The van der Waals surface area contributed by atoms with Crippen molar-refractivity contribution in [3.8, 4) is 6.07 Å². The summed E-state index contributed by atoms with van der Waals surface area (Å²) in [5.41, 5.74) is 1.31. The normalized spacial score (nSPS) is 19.4. The fourth-order valence-electron chi connectivity index (χ4n) is 1.67. The average molecular weight is 218 g/mol. The maximum Gasteiger partial charge on any atom is 0.354 e. The third-order valence-corrected chi connectivity index (χ3v) is 2.43. The number of anilines is 1. The van der Waals surface area contributed by atoms with Gasteiger partial charge in [0.25, 0.3) is 0 Å². The minimum atomic E-state index is -0.998. The van der Waals surface area contributed by atoms with Crippen LogP contribution in [0.4, 0.5) is 5.69 Å². The summed E-state index contributed by atoms with van der Waals surface area (Å²) in [4.78, 5) is 12.5. The van der Waals surface area contributed by atoms with Crippen molar-refractivity contribution in [1.29, 1.82) is 5.26 Å². The predicted octanol–water partition coefficient (Wildman–Crippen LogP) is 0.806. The maximum absolute atomic E-state index is 10.9. The molecular weight excluding hydrogens is 208 g/mol. The Balaban J connectivity index is 2.23. The molecule has 1 aromatic carbocycles. The van der Waals surface area contributed by atoms with Crippen LogP contribution < -0.4 is 4.90 Å². The molecule has 1 saturated heterocycles. The molecule has 82 valence electrons. The first-order valence-corrected chi connectivity index (χ1v) is 4.83. The highest BCUT2D eigenvalue weighted by Gasteiger charge is 2.31. The molecule has 0 radical (unpaired) electrons. The number of benzene rings is 1. The fraction of sp³-hybridized carbons (Fsp3) is 0.273. The summed E-state index contributed by atoms with van der Waals surface area (Å²) in [5.74, 6) is -0.998. The summed E-state index contributed by atoms with van der Waals surface area (Å²) >= 11 is 0. The molecule has 16 heavy (non-hydrogen) atoms. The lowest BCUT2D eigenvalue weighted by atomic mass is 10.2.